The van der Waals surface area contributed by atoms with Crippen molar-refractivity contribution in [2.75, 3.05) is 0 Å². The lowest BCUT2D eigenvalue weighted by Crippen LogP contribution is -1.94. The molecule has 0 saturated heterocycles. The van der Waals surface area contributed by atoms with Crippen molar-refractivity contribution in [3.05, 3.63) is 170 Å². The summed E-state index contributed by atoms with van der Waals surface area (Å²) in [4.78, 5) is 0. The SMILES string of the molecule is c1ccc(-n2c3ccccc3c3ccc(-c4ccc5c(ccc6c5c5ccccc5n6-c5ccc6ccccc6c5)c4)cc32)cc1. The summed E-state index contributed by atoms with van der Waals surface area (Å²) in [6, 6.07) is 62.0. The Kier molecular flexibility index (Phi) is 5.31. The third-order valence-electron chi connectivity index (χ3n) is 9.67. The number of rotatable bonds is 3. The normalized spacial score (nSPS) is 11.9. The lowest BCUT2D eigenvalue weighted by Gasteiger charge is -2.11. The molecule has 2 aromatic heterocycles. The number of aromatic nitrogens is 2. The van der Waals surface area contributed by atoms with Crippen LogP contribution in [0.3, 0.4) is 0 Å². The van der Waals surface area contributed by atoms with Crippen molar-refractivity contribution < 1.29 is 0 Å². The van der Waals surface area contributed by atoms with Crippen molar-refractivity contribution in [2.24, 2.45) is 0 Å². The van der Waals surface area contributed by atoms with E-state index in [1.165, 1.54) is 87.7 Å². The highest BCUT2D eigenvalue weighted by Crippen LogP contribution is 2.40. The fourth-order valence-electron chi connectivity index (χ4n) is 7.58. The number of hydrogen-bond acceptors (Lipinski definition) is 0. The third-order valence-corrected chi connectivity index (χ3v) is 9.67. The molecule has 0 N–H and O–H groups in total. The highest BCUT2D eigenvalue weighted by Gasteiger charge is 2.17. The van der Waals surface area contributed by atoms with Gasteiger partial charge in [0.25, 0.3) is 0 Å². The molecule has 46 heavy (non-hydrogen) atoms. The second-order valence-electron chi connectivity index (χ2n) is 12.2. The number of fused-ring (bicyclic) bond motifs is 9. The van der Waals surface area contributed by atoms with Gasteiger partial charge < -0.3 is 9.13 Å². The van der Waals surface area contributed by atoms with Crippen LogP contribution in [-0.4, -0.2) is 9.13 Å². The molecule has 10 rings (SSSR count). The maximum atomic E-state index is 2.42. The standard InChI is InChI=1S/C44H28N2/c1-2-12-34(13-3-1)45-40-16-8-6-14-37(40)38-24-20-32(28-43(38)45)31-19-23-36-33(26-31)21-25-42-44(36)39-15-7-9-17-41(39)46(42)35-22-18-29-10-4-5-11-30(29)27-35/h1-28H. The van der Waals surface area contributed by atoms with E-state index in [0.717, 1.165) is 0 Å². The number of nitrogens with zero attached hydrogens (tertiary/aromatic N) is 2. The van der Waals surface area contributed by atoms with Gasteiger partial charge >= 0.3 is 0 Å². The number of para-hydroxylation sites is 3. The Morgan fingerprint density at radius 1 is 0.283 bits per heavy atom. The van der Waals surface area contributed by atoms with Crippen molar-refractivity contribution in [1.82, 2.24) is 9.13 Å². The summed E-state index contributed by atoms with van der Waals surface area (Å²) in [6.07, 6.45) is 0. The van der Waals surface area contributed by atoms with E-state index < -0.39 is 0 Å². The van der Waals surface area contributed by atoms with Crippen LogP contribution in [0.5, 0.6) is 0 Å². The molecule has 8 aromatic carbocycles. The van der Waals surface area contributed by atoms with Gasteiger partial charge in [-0.25, -0.2) is 0 Å². The van der Waals surface area contributed by atoms with E-state index in [1.807, 2.05) is 0 Å². The Morgan fingerprint density at radius 3 is 1.74 bits per heavy atom. The Labute approximate surface area is 266 Å². The van der Waals surface area contributed by atoms with E-state index in [9.17, 15) is 0 Å². The topological polar surface area (TPSA) is 9.86 Å². The predicted molar refractivity (Wildman–Crippen MR) is 196 cm³/mol. The van der Waals surface area contributed by atoms with Crippen LogP contribution in [0.4, 0.5) is 0 Å². The Hall–Kier alpha value is -6.12. The Bertz CT molecular complexity index is 2800. The molecule has 0 atom stereocenters. The minimum absolute atomic E-state index is 1.18. The smallest absolute Gasteiger partial charge is 0.0547 e. The maximum Gasteiger partial charge on any atom is 0.0547 e. The fourth-order valence-corrected chi connectivity index (χ4v) is 7.58. The van der Waals surface area contributed by atoms with Crippen LogP contribution in [-0.2, 0) is 0 Å². The molecule has 0 spiro atoms. The summed E-state index contributed by atoms with van der Waals surface area (Å²) in [5, 5.41) is 10.1. The van der Waals surface area contributed by atoms with Gasteiger partial charge in [0.15, 0.2) is 0 Å². The second kappa shape index (κ2) is 9.69. The summed E-state index contributed by atoms with van der Waals surface area (Å²) >= 11 is 0. The van der Waals surface area contributed by atoms with Crippen LogP contribution in [0.2, 0.25) is 0 Å². The van der Waals surface area contributed by atoms with Crippen molar-refractivity contribution >= 4 is 65.2 Å². The average molecular weight is 585 g/mol. The van der Waals surface area contributed by atoms with Gasteiger partial charge in [0.2, 0.25) is 0 Å². The van der Waals surface area contributed by atoms with Gasteiger partial charge in [-0.2, -0.15) is 0 Å². The predicted octanol–water partition coefficient (Wildman–Crippen LogP) is 11.9. The molecule has 0 aliphatic rings. The van der Waals surface area contributed by atoms with E-state index >= 15 is 0 Å². The molecule has 2 nitrogen and oxygen atoms in total. The van der Waals surface area contributed by atoms with Crippen molar-refractivity contribution in [3.8, 4) is 22.5 Å². The van der Waals surface area contributed by atoms with Gasteiger partial charge in [-0.05, 0) is 87.3 Å². The lowest BCUT2D eigenvalue weighted by atomic mass is 9.97. The molecule has 0 fully saturated rings. The zero-order valence-electron chi connectivity index (χ0n) is 25.1. The first-order valence-electron chi connectivity index (χ1n) is 15.9. The van der Waals surface area contributed by atoms with Crippen LogP contribution >= 0.6 is 0 Å². The molecule has 214 valence electrons. The molecular formula is C44H28N2. The summed E-state index contributed by atoms with van der Waals surface area (Å²) < 4.78 is 4.81. The van der Waals surface area contributed by atoms with Crippen LogP contribution in [0.1, 0.15) is 0 Å². The zero-order valence-corrected chi connectivity index (χ0v) is 25.1. The third kappa shape index (κ3) is 3.65. The van der Waals surface area contributed by atoms with Gasteiger partial charge in [-0.1, -0.05) is 115 Å². The largest absolute Gasteiger partial charge is 0.309 e. The lowest BCUT2D eigenvalue weighted by molar-refractivity contribution is 1.18. The van der Waals surface area contributed by atoms with Crippen LogP contribution in [0.15, 0.2) is 170 Å². The van der Waals surface area contributed by atoms with Gasteiger partial charge in [-0.3, -0.25) is 0 Å². The average Bonchev–Trinajstić information content (AvgIpc) is 3.64. The zero-order chi connectivity index (χ0) is 30.2. The Balaban J connectivity index is 1.18. The van der Waals surface area contributed by atoms with Gasteiger partial charge in [-0.15, -0.1) is 0 Å². The monoisotopic (exact) mass is 584 g/mol. The molecule has 0 unspecified atom stereocenters. The first-order chi connectivity index (χ1) is 22.8. The summed E-state index contributed by atoms with van der Waals surface area (Å²) in [6.45, 7) is 0. The van der Waals surface area contributed by atoms with Crippen molar-refractivity contribution in [3.63, 3.8) is 0 Å². The fraction of sp³-hybridized carbons (Fsp3) is 0. The molecule has 0 amide bonds. The van der Waals surface area contributed by atoms with E-state index in [4.69, 9.17) is 0 Å². The molecule has 2 heteroatoms. The minimum Gasteiger partial charge on any atom is -0.309 e. The molecule has 0 aliphatic carbocycles. The molecule has 10 aromatic rings. The quantitative estimate of drug-likeness (QED) is 0.195. The second-order valence-corrected chi connectivity index (χ2v) is 12.2. The van der Waals surface area contributed by atoms with Crippen molar-refractivity contribution in [1.29, 1.82) is 0 Å². The van der Waals surface area contributed by atoms with Crippen LogP contribution in [0, 0.1) is 0 Å². The van der Waals surface area contributed by atoms with Crippen molar-refractivity contribution in [2.45, 2.75) is 0 Å². The van der Waals surface area contributed by atoms with E-state index in [2.05, 4.69) is 179 Å². The van der Waals surface area contributed by atoms with E-state index in [-0.39, 0.29) is 0 Å². The molecular weight excluding hydrogens is 556 g/mol. The summed E-state index contributed by atoms with van der Waals surface area (Å²) in [5.41, 5.74) is 9.69. The Morgan fingerprint density at radius 2 is 0.891 bits per heavy atom. The molecule has 2 heterocycles. The first-order valence-corrected chi connectivity index (χ1v) is 15.9. The highest BCUT2D eigenvalue weighted by atomic mass is 15.0. The van der Waals surface area contributed by atoms with Gasteiger partial charge in [0.1, 0.15) is 0 Å². The molecule has 0 bridgehead atoms. The summed E-state index contributed by atoms with van der Waals surface area (Å²) in [7, 11) is 0. The maximum absolute atomic E-state index is 2.42. The van der Waals surface area contributed by atoms with E-state index in [1.54, 1.807) is 0 Å². The highest BCUT2D eigenvalue weighted by molar-refractivity contribution is 6.22. The van der Waals surface area contributed by atoms with Gasteiger partial charge in [0.05, 0.1) is 22.1 Å². The summed E-state index contributed by atoms with van der Waals surface area (Å²) in [5.74, 6) is 0. The first kappa shape index (κ1) is 25.2. The molecule has 0 radical (unpaired) electrons. The number of benzene rings is 8. The number of hydrogen-bond donors (Lipinski definition) is 0. The minimum atomic E-state index is 1.18. The molecule has 0 aliphatic heterocycles. The van der Waals surface area contributed by atoms with Crippen LogP contribution in [0.25, 0.3) is 87.7 Å². The van der Waals surface area contributed by atoms with E-state index in [0.29, 0.717) is 0 Å². The van der Waals surface area contributed by atoms with Gasteiger partial charge in [0, 0.05) is 32.9 Å². The molecule has 0 saturated carbocycles. The van der Waals surface area contributed by atoms with Crippen LogP contribution < -0.4 is 0 Å².